The van der Waals surface area contributed by atoms with E-state index in [0.717, 1.165) is 18.4 Å². The van der Waals surface area contributed by atoms with Gasteiger partial charge in [0.05, 0.1) is 19.3 Å². The van der Waals surface area contributed by atoms with Crippen molar-refractivity contribution in [1.29, 1.82) is 0 Å². The summed E-state index contributed by atoms with van der Waals surface area (Å²) >= 11 is 0. The third kappa shape index (κ3) is 5.00. The van der Waals surface area contributed by atoms with Gasteiger partial charge in [0.25, 0.3) is 0 Å². The van der Waals surface area contributed by atoms with Gasteiger partial charge < -0.3 is 14.4 Å². The zero-order valence-corrected chi connectivity index (χ0v) is 14.7. The fourth-order valence-electron chi connectivity index (χ4n) is 3.02. The van der Waals surface area contributed by atoms with Crippen molar-refractivity contribution in [2.75, 3.05) is 47.5 Å². The van der Waals surface area contributed by atoms with E-state index in [1.165, 1.54) is 12.1 Å². The number of benzene rings is 1. The zero-order valence-electron chi connectivity index (χ0n) is 14.7. The Kier molecular flexibility index (Phi) is 7.15. The van der Waals surface area contributed by atoms with Gasteiger partial charge >= 0.3 is 0 Å². The highest BCUT2D eigenvalue weighted by molar-refractivity contribution is 5.83. The third-order valence-electron chi connectivity index (χ3n) is 4.33. The molecule has 1 amide bonds. The van der Waals surface area contributed by atoms with Gasteiger partial charge in [-0.2, -0.15) is 0 Å². The second-order valence-electron chi connectivity index (χ2n) is 6.31. The van der Waals surface area contributed by atoms with Gasteiger partial charge in [0, 0.05) is 20.2 Å². The molecule has 0 N–H and O–H groups in total. The monoisotopic (exact) mass is 338 g/mol. The first-order valence-electron chi connectivity index (χ1n) is 8.34. The maximum Gasteiger partial charge on any atom is 0.244 e. The SMILES string of the molecule is COCCOC1CCN(C(=O)[C@@H](c2ccc(F)cc2)N(C)C)CC1. The molecule has 1 aliphatic rings. The number of amides is 1. The number of carbonyl (C=O) groups is 1. The van der Waals surface area contributed by atoms with Crippen LogP contribution in [0.2, 0.25) is 0 Å². The van der Waals surface area contributed by atoms with Crippen LogP contribution in [-0.4, -0.2) is 69.3 Å². The molecule has 134 valence electrons. The molecular formula is C18H27FN2O3. The van der Waals surface area contributed by atoms with Gasteiger partial charge in [0.15, 0.2) is 0 Å². The van der Waals surface area contributed by atoms with Crippen LogP contribution in [0.15, 0.2) is 24.3 Å². The minimum absolute atomic E-state index is 0.0574. The number of ether oxygens (including phenoxy) is 2. The maximum atomic E-state index is 13.1. The molecule has 1 heterocycles. The summed E-state index contributed by atoms with van der Waals surface area (Å²) in [7, 11) is 5.39. The summed E-state index contributed by atoms with van der Waals surface area (Å²) in [5, 5.41) is 0. The van der Waals surface area contributed by atoms with Crippen LogP contribution in [0.3, 0.4) is 0 Å². The molecule has 24 heavy (non-hydrogen) atoms. The van der Waals surface area contributed by atoms with Crippen LogP contribution in [0.5, 0.6) is 0 Å². The summed E-state index contributed by atoms with van der Waals surface area (Å²) in [6, 6.07) is 5.76. The van der Waals surface area contributed by atoms with Crippen LogP contribution in [0.4, 0.5) is 4.39 Å². The number of rotatable bonds is 7. The van der Waals surface area contributed by atoms with Crippen molar-refractivity contribution < 1.29 is 18.7 Å². The lowest BCUT2D eigenvalue weighted by molar-refractivity contribution is -0.139. The molecule has 1 aromatic rings. The number of likely N-dealkylation sites (N-methyl/N-ethyl adjacent to an activating group) is 1. The summed E-state index contributed by atoms with van der Waals surface area (Å²) in [4.78, 5) is 16.7. The Morgan fingerprint density at radius 2 is 1.88 bits per heavy atom. The molecule has 0 bridgehead atoms. The fourth-order valence-corrected chi connectivity index (χ4v) is 3.02. The molecule has 0 aliphatic carbocycles. The van der Waals surface area contributed by atoms with E-state index >= 15 is 0 Å². The molecule has 0 aromatic heterocycles. The van der Waals surface area contributed by atoms with E-state index in [-0.39, 0.29) is 17.8 Å². The van der Waals surface area contributed by atoms with Crippen molar-refractivity contribution in [1.82, 2.24) is 9.80 Å². The first-order chi connectivity index (χ1) is 11.5. The van der Waals surface area contributed by atoms with Crippen molar-refractivity contribution >= 4 is 5.91 Å². The van der Waals surface area contributed by atoms with Gasteiger partial charge in [-0.05, 0) is 44.6 Å². The van der Waals surface area contributed by atoms with Gasteiger partial charge in [-0.25, -0.2) is 4.39 Å². The maximum absolute atomic E-state index is 13.1. The molecule has 1 fully saturated rings. The number of hydrogen-bond acceptors (Lipinski definition) is 4. The van der Waals surface area contributed by atoms with Crippen LogP contribution < -0.4 is 0 Å². The molecular weight excluding hydrogens is 311 g/mol. The highest BCUT2D eigenvalue weighted by atomic mass is 19.1. The van der Waals surface area contributed by atoms with E-state index in [1.54, 1.807) is 19.2 Å². The summed E-state index contributed by atoms with van der Waals surface area (Å²) in [5.41, 5.74) is 0.810. The molecule has 5 nitrogen and oxygen atoms in total. The molecule has 1 aliphatic heterocycles. The van der Waals surface area contributed by atoms with E-state index in [2.05, 4.69) is 0 Å². The number of nitrogens with zero attached hydrogens (tertiary/aromatic N) is 2. The summed E-state index contributed by atoms with van der Waals surface area (Å²) < 4.78 is 23.9. The Balaban J connectivity index is 1.95. The standard InChI is InChI=1S/C18H27FN2O3/c1-20(2)17(14-4-6-15(19)7-5-14)18(22)21-10-8-16(9-11-21)24-13-12-23-3/h4-7,16-17H,8-13H2,1-3H3/t17-/m1/s1. The molecule has 6 heteroatoms. The van der Waals surface area contributed by atoms with E-state index in [0.29, 0.717) is 26.3 Å². The predicted octanol–water partition coefficient (Wildman–Crippen LogP) is 2.08. The molecule has 0 unspecified atom stereocenters. The Hall–Kier alpha value is -1.50. The molecule has 2 rings (SSSR count). The molecule has 0 spiro atoms. The second-order valence-corrected chi connectivity index (χ2v) is 6.31. The average molecular weight is 338 g/mol. The van der Waals surface area contributed by atoms with Crippen LogP contribution in [0, 0.1) is 5.82 Å². The van der Waals surface area contributed by atoms with Crippen molar-refractivity contribution in [2.24, 2.45) is 0 Å². The Bertz CT molecular complexity index is 514. The van der Waals surface area contributed by atoms with Crippen molar-refractivity contribution in [2.45, 2.75) is 25.0 Å². The van der Waals surface area contributed by atoms with Crippen molar-refractivity contribution in [3.8, 4) is 0 Å². The fraction of sp³-hybridized carbons (Fsp3) is 0.611. The lowest BCUT2D eigenvalue weighted by Gasteiger charge is -2.36. The summed E-state index contributed by atoms with van der Waals surface area (Å²) in [6.07, 6.45) is 1.85. The lowest BCUT2D eigenvalue weighted by Crippen LogP contribution is -2.46. The lowest BCUT2D eigenvalue weighted by atomic mass is 10.0. The average Bonchev–Trinajstić information content (AvgIpc) is 2.57. The summed E-state index contributed by atoms with van der Waals surface area (Å²) in [6.45, 7) is 2.54. The van der Waals surface area contributed by atoms with Gasteiger partial charge in [-0.15, -0.1) is 0 Å². The smallest absolute Gasteiger partial charge is 0.244 e. The number of hydrogen-bond donors (Lipinski definition) is 0. The zero-order chi connectivity index (χ0) is 17.5. The number of carbonyl (C=O) groups excluding carboxylic acids is 1. The topological polar surface area (TPSA) is 42.0 Å². The van der Waals surface area contributed by atoms with Gasteiger partial charge in [0.2, 0.25) is 5.91 Å². The highest BCUT2D eigenvalue weighted by Crippen LogP contribution is 2.24. The highest BCUT2D eigenvalue weighted by Gasteiger charge is 2.30. The van der Waals surface area contributed by atoms with E-state index in [4.69, 9.17) is 9.47 Å². The Labute approximate surface area is 143 Å². The number of methoxy groups -OCH3 is 1. The largest absolute Gasteiger partial charge is 0.382 e. The number of halogens is 1. The molecule has 0 radical (unpaired) electrons. The summed E-state index contributed by atoms with van der Waals surface area (Å²) in [5.74, 6) is -0.236. The predicted molar refractivity (Wildman–Crippen MR) is 90.3 cm³/mol. The van der Waals surface area contributed by atoms with Gasteiger partial charge in [-0.3, -0.25) is 9.69 Å². The van der Waals surface area contributed by atoms with E-state index in [1.807, 2.05) is 23.9 Å². The molecule has 1 saturated heterocycles. The third-order valence-corrected chi connectivity index (χ3v) is 4.33. The van der Waals surface area contributed by atoms with Gasteiger partial charge in [-0.1, -0.05) is 12.1 Å². The second kappa shape index (κ2) is 9.11. The van der Waals surface area contributed by atoms with Crippen LogP contribution >= 0.6 is 0 Å². The minimum atomic E-state index is -0.392. The quantitative estimate of drug-likeness (QED) is 0.714. The van der Waals surface area contributed by atoms with Crippen molar-refractivity contribution in [3.63, 3.8) is 0 Å². The molecule has 0 saturated carbocycles. The number of piperidine rings is 1. The van der Waals surface area contributed by atoms with Crippen LogP contribution in [-0.2, 0) is 14.3 Å². The molecule has 1 aromatic carbocycles. The van der Waals surface area contributed by atoms with E-state index in [9.17, 15) is 9.18 Å². The van der Waals surface area contributed by atoms with Gasteiger partial charge in [0.1, 0.15) is 11.9 Å². The number of likely N-dealkylation sites (tertiary alicyclic amines) is 1. The van der Waals surface area contributed by atoms with Crippen molar-refractivity contribution in [3.05, 3.63) is 35.6 Å². The Morgan fingerprint density at radius 3 is 2.42 bits per heavy atom. The van der Waals surface area contributed by atoms with Crippen LogP contribution in [0.25, 0.3) is 0 Å². The first-order valence-corrected chi connectivity index (χ1v) is 8.34. The Morgan fingerprint density at radius 1 is 1.25 bits per heavy atom. The van der Waals surface area contributed by atoms with E-state index < -0.39 is 6.04 Å². The van der Waals surface area contributed by atoms with Crippen LogP contribution in [0.1, 0.15) is 24.4 Å². The first kappa shape index (κ1) is 18.8. The molecule has 1 atom stereocenters. The minimum Gasteiger partial charge on any atom is -0.382 e. The normalized spacial score (nSPS) is 17.3.